The molecular weight excluding hydrogens is 344 g/mol. The predicted molar refractivity (Wildman–Crippen MR) is 96.2 cm³/mol. The number of nitrogens with zero attached hydrogens (tertiary/aromatic N) is 2. The van der Waals surface area contributed by atoms with E-state index >= 15 is 0 Å². The van der Waals surface area contributed by atoms with Crippen LogP contribution in [0.15, 0.2) is 46.4 Å². The Labute approximate surface area is 145 Å². The number of nitrogens with two attached hydrogens (primary N) is 1. The summed E-state index contributed by atoms with van der Waals surface area (Å²) in [6.45, 7) is 5.75. The zero-order valence-electron chi connectivity index (χ0n) is 14.0. The molecule has 0 aliphatic rings. The standard InChI is InChI=1S/C16H18N4O4S/c1-10-4-5-13(8-11(10)2)12(3)18-19-15-7-6-14(25(17,23)24)9-16(15)20(21)22/h4-9,19H,1-3H3,(H2,17,23,24). The molecule has 0 spiro atoms. The fourth-order valence-electron chi connectivity index (χ4n) is 2.11. The smallest absolute Gasteiger partial charge is 0.271 e. The molecule has 0 saturated heterocycles. The Hall–Kier alpha value is -2.78. The Kier molecular flexibility index (Phi) is 5.19. The van der Waals surface area contributed by atoms with Crippen molar-refractivity contribution in [3.63, 3.8) is 0 Å². The van der Waals surface area contributed by atoms with Gasteiger partial charge in [-0.3, -0.25) is 15.5 Å². The number of nitro benzene ring substituents is 1. The van der Waals surface area contributed by atoms with E-state index in [9.17, 15) is 18.5 Å². The first-order chi connectivity index (χ1) is 11.6. The average Bonchev–Trinajstić information content (AvgIpc) is 2.54. The van der Waals surface area contributed by atoms with Gasteiger partial charge in [0.2, 0.25) is 10.0 Å². The summed E-state index contributed by atoms with van der Waals surface area (Å²) < 4.78 is 22.7. The van der Waals surface area contributed by atoms with Gasteiger partial charge in [-0.15, -0.1) is 0 Å². The van der Waals surface area contributed by atoms with E-state index in [0.29, 0.717) is 5.71 Å². The van der Waals surface area contributed by atoms with Gasteiger partial charge in [0.15, 0.2) is 0 Å². The Morgan fingerprint density at radius 3 is 2.40 bits per heavy atom. The van der Waals surface area contributed by atoms with Gasteiger partial charge in [0.25, 0.3) is 5.69 Å². The lowest BCUT2D eigenvalue weighted by Gasteiger charge is -2.07. The molecule has 0 radical (unpaired) electrons. The Morgan fingerprint density at radius 2 is 1.84 bits per heavy atom. The minimum Gasteiger partial charge on any atom is -0.271 e. The van der Waals surface area contributed by atoms with E-state index in [4.69, 9.17) is 5.14 Å². The highest BCUT2D eigenvalue weighted by Crippen LogP contribution is 2.27. The van der Waals surface area contributed by atoms with Crippen LogP contribution in [-0.4, -0.2) is 19.1 Å². The summed E-state index contributed by atoms with van der Waals surface area (Å²) in [4.78, 5) is 10.1. The third-order valence-corrected chi connectivity index (χ3v) is 4.67. The summed E-state index contributed by atoms with van der Waals surface area (Å²) >= 11 is 0. The molecular formula is C16H18N4O4S. The normalized spacial score (nSPS) is 12.1. The molecule has 0 aliphatic heterocycles. The molecule has 25 heavy (non-hydrogen) atoms. The molecule has 2 rings (SSSR count). The highest BCUT2D eigenvalue weighted by atomic mass is 32.2. The van der Waals surface area contributed by atoms with Crippen molar-refractivity contribution in [3.05, 3.63) is 63.2 Å². The summed E-state index contributed by atoms with van der Waals surface area (Å²) in [6, 6.07) is 9.18. The number of sulfonamides is 1. The predicted octanol–water partition coefficient (Wildman–Crippen LogP) is 2.70. The van der Waals surface area contributed by atoms with Gasteiger partial charge in [-0.25, -0.2) is 13.6 Å². The van der Waals surface area contributed by atoms with Gasteiger partial charge in [0, 0.05) is 6.07 Å². The van der Waals surface area contributed by atoms with E-state index in [-0.39, 0.29) is 10.6 Å². The van der Waals surface area contributed by atoms with Crippen molar-refractivity contribution in [2.45, 2.75) is 25.7 Å². The fourth-order valence-corrected chi connectivity index (χ4v) is 2.64. The lowest BCUT2D eigenvalue weighted by Crippen LogP contribution is -2.12. The fraction of sp³-hybridized carbons (Fsp3) is 0.188. The largest absolute Gasteiger partial charge is 0.295 e. The molecule has 0 atom stereocenters. The molecule has 8 nitrogen and oxygen atoms in total. The van der Waals surface area contributed by atoms with E-state index in [1.165, 1.54) is 12.1 Å². The Balaban J connectivity index is 2.36. The van der Waals surface area contributed by atoms with Crippen LogP contribution >= 0.6 is 0 Å². The monoisotopic (exact) mass is 362 g/mol. The van der Waals surface area contributed by atoms with Crippen molar-refractivity contribution in [1.29, 1.82) is 0 Å². The number of benzene rings is 2. The van der Waals surface area contributed by atoms with E-state index in [1.807, 2.05) is 32.0 Å². The summed E-state index contributed by atoms with van der Waals surface area (Å²) in [6.07, 6.45) is 0. The molecule has 0 fully saturated rings. The van der Waals surface area contributed by atoms with Crippen LogP contribution in [0.4, 0.5) is 11.4 Å². The number of nitro groups is 1. The molecule has 0 amide bonds. The quantitative estimate of drug-likeness (QED) is 0.480. The van der Waals surface area contributed by atoms with Crippen LogP contribution in [0.25, 0.3) is 0 Å². The van der Waals surface area contributed by atoms with Gasteiger partial charge >= 0.3 is 0 Å². The summed E-state index contributed by atoms with van der Waals surface area (Å²) in [5.41, 5.74) is 6.02. The van der Waals surface area contributed by atoms with Crippen molar-refractivity contribution >= 4 is 27.1 Å². The second kappa shape index (κ2) is 6.99. The van der Waals surface area contributed by atoms with Gasteiger partial charge in [-0.1, -0.05) is 12.1 Å². The molecule has 0 bridgehead atoms. The number of hydrogen-bond donors (Lipinski definition) is 2. The molecule has 3 N–H and O–H groups in total. The molecule has 132 valence electrons. The molecule has 0 aromatic heterocycles. The average molecular weight is 362 g/mol. The van der Waals surface area contributed by atoms with Crippen LogP contribution < -0.4 is 10.6 Å². The molecule has 0 saturated carbocycles. The molecule has 2 aromatic rings. The second-order valence-corrected chi connectivity index (χ2v) is 7.15. The van der Waals surface area contributed by atoms with Crippen LogP contribution in [0.3, 0.4) is 0 Å². The minimum absolute atomic E-state index is 0.0700. The highest BCUT2D eigenvalue weighted by Gasteiger charge is 2.19. The molecule has 9 heteroatoms. The minimum atomic E-state index is -4.03. The Bertz CT molecular complexity index is 968. The van der Waals surface area contributed by atoms with Crippen LogP contribution in [0.1, 0.15) is 23.6 Å². The van der Waals surface area contributed by atoms with Gasteiger partial charge < -0.3 is 0 Å². The summed E-state index contributed by atoms with van der Waals surface area (Å²) in [5.74, 6) is 0. The first-order valence-corrected chi connectivity index (χ1v) is 8.83. The number of nitrogens with one attached hydrogen (secondary N) is 1. The lowest BCUT2D eigenvalue weighted by molar-refractivity contribution is -0.384. The van der Waals surface area contributed by atoms with Gasteiger partial charge in [-0.05, 0) is 55.7 Å². The van der Waals surface area contributed by atoms with Gasteiger partial charge in [-0.2, -0.15) is 5.10 Å². The Morgan fingerprint density at radius 1 is 1.16 bits per heavy atom. The van der Waals surface area contributed by atoms with Crippen LogP contribution in [0.2, 0.25) is 0 Å². The van der Waals surface area contributed by atoms with Crippen molar-refractivity contribution in [2.24, 2.45) is 10.2 Å². The number of hydrazone groups is 1. The van der Waals surface area contributed by atoms with Crippen molar-refractivity contribution in [1.82, 2.24) is 0 Å². The number of hydrogen-bond acceptors (Lipinski definition) is 6. The van der Waals surface area contributed by atoms with Gasteiger partial charge in [0.05, 0.1) is 15.5 Å². The summed E-state index contributed by atoms with van der Waals surface area (Å²) in [7, 11) is -4.03. The second-order valence-electron chi connectivity index (χ2n) is 5.59. The topological polar surface area (TPSA) is 128 Å². The van der Waals surface area contributed by atoms with E-state index in [2.05, 4.69) is 10.5 Å². The zero-order valence-corrected chi connectivity index (χ0v) is 14.8. The maximum Gasteiger partial charge on any atom is 0.295 e. The summed E-state index contributed by atoms with van der Waals surface area (Å²) in [5, 5.41) is 20.3. The first kappa shape index (κ1) is 18.6. The molecule has 0 heterocycles. The SMILES string of the molecule is CC(=NNc1ccc(S(N)(=O)=O)cc1[N+](=O)[O-])c1ccc(C)c(C)c1. The van der Waals surface area contributed by atoms with Crippen LogP contribution in [0, 0.1) is 24.0 Å². The van der Waals surface area contributed by atoms with E-state index in [1.54, 1.807) is 6.92 Å². The number of aryl methyl sites for hydroxylation is 2. The molecule has 0 aliphatic carbocycles. The third-order valence-electron chi connectivity index (χ3n) is 3.76. The van der Waals surface area contributed by atoms with Crippen molar-refractivity contribution in [3.8, 4) is 0 Å². The lowest BCUT2D eigenvalue weighted by atomic mass is 10.0. The number of primary sulfonamides is 1. The highest BCUT2D eigenvalue weighted by molar-refractivity contribution is 7.89. The number of anilines is 1. The zero-order chi connectivity index (χ0) is 18.8. The van der Waals surface area contributed by atoms with Crippen molar-refractivity contribution in [2.75, 3.05) is 5.43 Å². The van der Waals surface area contributed by atoms with Gasteiger partial charge in [0.1, 0.15) is 5.69 Å². The van der Waals surface area contributed by atoms with Crippen LogP contribution in [0.5, 0.6) is 0 Å². The third kappa shape index (κ3) is 4.40. The van der Waals surface area contributed by atoms with E-state index < -0.39 is 20.6 Å². The van der Waals surface area contributed by atoms with Crippen LogP contribution in [-0.2, 0) is 10.0 Å². The number of rotatable bonds is 5. The van der Waals surface area contributed by atoms with Crippen molar-refractivity contribution < 1.29 is 13.3 Å². The first-order valence-electron chi connectivity index (χ1n) is 7.29. The van der Waals surface area contributed by atoms with E-state index in [0.717, 1.165) is 22.8 Å². The maximum absolute atomic E-state index is 11.3. The maximum atomic E-state index is 11.3. The molecule has 2 aromatic carbocycles. The molecule has 0 unspecified atom stereocenters.